The van der Waals surface area contributed by atoms with Gasteiger partial charge in [0.1, 0.15) is 11.6 Å². The highest BCUT2D eigenvalue weighted by atomic mass is 79.9. The van der Waals surface area contributed by atoms with Crippen LogP contribution in [-0.4, -0.2) is 11.8 Å². The van der Waals surface area contributed by atoms with Crippen LogP contribution in [-0.2, 0) is 0 Å². The maximum atomic E-state index is 13.6. The Hall–Kier alpha value is -1.32. The number of nitrogens with one attached hydrogen (secondary N) is 1. The fraction of sp³-hybridized carbons (Fsp3) is 0. The van der Waals surface area contributed by atoms with E-state index in [0.717, 1.165) is 17.4 Å². The van der Waals surface area contributed by atoms with Gasteiger partial charge in [-0.2, -0.15) is 0 Å². The van der Waals surface area contributed by atoms with Crippen LogP contribution in [0, 0.1) is 11.6 Å². The zero-order chi connectivity index (χ0) is 15.7. The van der Waals surface area contributed by atoms with Crippen molar-refractivity contribution in [3.63, 3.8) is 0 Å². The van der Waals surface area contributed by atoms with Gasteiger partial charge in [-0.3, -0.25) is 9.59 Å². The fourth-order valence-electron chi connectivity index (χ4n) is 1.48. The fourth-order valence-corrected chi connectivity index (χ4v) is 3.41. The Balaban J connectivity index is 2.33. The lowest BCUT2D eigenvalue weighted by atomic mass is 10.1. The van der Waals surface area contributed by atoms with Crippen LogP contribution >= 0.6 is 43.2 Å². The third kappa shape index (κ3) is 3.47. The molecule has 0 radical (unpaired) electrons. The van der Waals surface area contributed by atoms with Gasteiger partial charge in [0.05, 0.1) is 19.9 Å². The van der Waals surface area contributed by atoms with Gasteiger partial charge in [-0.25, -0.2) is 8.78 Å². The van der Waals surface area contributed by atoms with Crippen molar-refractivity contribution in [1.82, 2.24) is 0 Å². The van der Waals surface area contributed by atoms with E-state index >= 15 is 0 Å². The number of hydrogen-bond donors (Lipinski definition) is 2. The van der Waals surface area contributed by atoms with Crippen LogP contribution in [0.4, 0.5) is 14.5 Å². The lowest BCUT2D eigenvalue weighted by molar-refractivity contribution is 0.0992. The van der Waals surface area contributed by atoms with Crippen molar-refractivity contribution in [3.8, 4) is 0 Å². The average Bonchev–Trinajstić information content (AvgIpc) is 2.72. The number of halogens is 4. The quantitative estimate of drug-likeness (QED) is 0.761. The summed E-state index contributed by atoms with van der Waals surface area (Å²) in [7, 11) is 0. The number of carbonyl (C=O) groups is 2. The Morgan fingerprint density at radius 1 is 1.14 bits per heavy atom. The van der Waals surface area contributed by atoms with Crippen molar-refractivity contribution in [2.45, 2.75) is 0 Å². The molecule has 110 valence electrons. The summed E-state index contributed by atoms with van der Waals surface area (Å²) in [6.07, 6.45) is 0. The highest BCUT2D eigenvalue weighted by Crippen LogP contribution is 2.33. The van der Waals surface area contributed by atoms with Gasteiger partial charge in [-0.15, -0.1) is 11.3 Å². The zero-order valence-electron chi connectivity index (χ0n) is 10.0. The molecule has 0 saturated heterocycles. The van der Waals surface area contributed by atoms with Crippen LogP contribution in [0.25, 0.3) is 0 Å². The SMILES string of the molecule is NC(=O)c1cc(NC(=O)c2cc(Br)c(Br)s2)c(F)cc1F. The maximum Gasteiger partial charge on any atom is 0.265 e. The first-order chi connectivity index (χ1) is 9.79. The van der Waals surface area contributed by atoms with Crippen molar-refractivity contribution in [2.75, 3.05) is 5.32 Å². The zero-order valence-corrected chi connectivity index (χ0v) is 14.0. The molecule has 21 heavy (non-hydrogen) atoms. The highest BCUT2D eigenvalue weighted by molar-refractivity contribution is 9.13. The molecule has 0 unspecified atom stereocenters. The van der Waals surface area contributed by atoms with E-state index in [1.54, 1.807) is 6.07 Å². The molecule has 4 nitrogen and oxygen atoms in total. The maximum absolute atomic E-state index is 13.6. The molecule has 0 aliphatic rings. The third-order valence-corrected chi connectivity index (χ3v) is 5.69. The summed E-state index contributed by atoms with van der Waals surface area (Å²) in [4.78, 5) is 23.3. The average molecular weight is 440 g/mol. The molecule has 2 rings (SSSR count). The molecule has 3 N–H and O–H groups in total. The summed E-state index contributed by atoms with van der Waals surface area (Å²) in [5.41, 5.74) is 4.15. The van der Waals surface area contributed by atoms with Crippen LogP contribution in [0.2, 0.25) is 0 Å². The molecule has 1 aromatic heterocycles. The first-order valence-electron chi connectivity index (χ1n) is 5.34. The van der Waals surface area contributed by atoms with Gasteiger partial charge in [0.15, 0.2) is 0 Å². The summed E-state index contributed by atoms with van der Waals surface area (Å²) in [6, 6.07) is 2.90. The molecule has 0 saturated carbocycles. The number of hydrogen-bond acceptors (Lipinski definition) is 3. The summed E-state index contributed by atoms with van der Waals surface area (Å²) >= 11 is 7.59. The van der Waals surface area contributed by atoms with Crippen LogP contribution in [0.15, 0.2) is 26.5 Å². The topological polar surface area (TPSA) is 72.2 Å². The number of amides is 2. The summed E-state index contributed by atoms with van der Waals surface area (Å²) in [5, 5.41) is 2.27. The minimum absolute atomic E-state index is 0.304. The van der Waals surface area contributed by atoms with Crippen molar-refractivity contribution in [2.24, 2.45) is 5.73 Å². The van der Waals surface area contributed by atoms with Crippen LogP contribution < -0.4 is 11.1 Å². The molecule has 0 bridgehead atoms. The molecule has 0 spiro atoms. The smallest absolute Gasteiger partial charge is 0.265 e. The van der Waals surface area contributed by atoms with Crippen LogP contribution in [0.1, 0.15) is 20.0 Å². The number of primary amides is 1. The summed E-state index contributed by atoms with van der Waals surface area (Å²) in [6.45, 7) is 0. The lowest BCUT2D eigenvalue weighted by Gasteiger charge is -2.07. The first-order valence-corrected chi connectivity index (χ1v) is 7.75. The van der Waals surface area contributed by atoms with Gasteiger partial charge in [-0.1, -0.05) is 0 Å². The molecule has 1 aromatic carbocycles. The molecular formula is C12H6Br2F2N2O2S. The van der Waals surface area contributed by atoms with E-state index in [4.69, 9.17) is 5.73 Å². The van der Waals surface area contributed by atoms with Gasteiger partial charge in [0, 0.05) is 10.5 Å². The Bertz CT molecular complexity index is 730. The monoisotopic (exact) mass is 438 g/mol. The van der Waals surface area contributed by atoms with Gasteiger partial charge in [0.25, 0.3) is 11.8 Å². The van der Waals surface area contributed by atoms with E-state index in [-0.39, 0.29) is 5.69 Å². The number of nitrogens with two attached hydrogens (primary N) is 1. The van der Waals surface area contributed by atoms with E-state index in [0.29, 0.717) is 19.2 Å². The number of anilines is 1. The molecule has 0 aliphatic heterocycles. The predicted molar refractivity (Wildman–Crippen MR) is 82.5 cm³/mol. The molecule has 9 heteroatoms. The number of carbonyl (C=O) groups excluding carboxylic acids is 2. The number of thiophene rings is 1. The van der Waals surface area contributed by atoms with E-state index in [1.165, 1.54) is 0 Å². The third-order valence-electron chi connectivity index (χ3n) is 2.44. The minimum Gasteiger partial charge on any atom is -0.366 e. The molecule has 2 aromatic rings. The Morgan fingerprint density at radius 2 is 1.81 bits per heavy atom. The largest absolute Gasteiger partial charge is 0.366 e. The highest BCUT2D eigenvalue weighted by Gasteiger charge is 2.17. The van der Waals surface area contributed by atoms with E-state index in [2.05, 4.69) is 37.2 Å². The normalized spacial score (nSPS) is 10.5. The number of benzene rings is 1. The molecule has 0 aliphatic carbocycles. The summed E-state index contributed by atoms with van der Waals surface area (Å²) < 4.78 is 28.3. The van der Waals surface area contributed by atoms with Gasteiger partial charge in [-0.05, 0) is 44.0 Å². The Morgan fingerprint density at radius 3 is 2.33 bits per heavy atom. The van der Waals surface area contributed by atoms with Crippen molar-refractivity contribution >= 4 is 60.7 Å². The Labute approximate surface area is 138 Å². The molecule has 1 heterocycles. The van der Waals surface area contributed by atoms with E-state index < -0.39 is 29.0 Å². The second-order valence-electron chi connectivity index (χ2n) is 3.86. The van der Waals surface area contributed by atoms with E-state index in [1.807, 2.05) is 0 Å². The first kappa shape index (κ1) is 16.1. The van der Waals surface area contributed by atoms with Crippen LogP contribution in [0.3, 0.4) is 0 Å². The molecular weight excluding hydrogens is 434 g/mol. The van der Waals surface area contributed by atoms with Gasteiger partial charge >= 0.3 is 0 Å². The van der Waals surface area contributed by atoms with Gasteiger partial charge in [0.2, 0.25) is 0 Å². The Kier molecular flexibility index (Phi) is 4.74. The second kappa shape index (κ2) is 6.20. The van der Waals surface area contributed by atoms with E-state index in [9.17, 15) is 18.4 Å². The minimum atomic E-state index is -1.08. The van der Waals surface area contributed by atoms with Crippen molar-refractivity contribution in [1.29, 1.82) is 0 Å². The van der Waals surface area contributed by atoms with Gasteiger partial charge < -0.3 is 11.1 Å². The standard InChI is InChI=1S/C12H6Br2F2N2O2S/c13-5-2-9(21-10(5)14)12(20)18-8-1-4(11(17)19)6(15)3-7(8)16/h1-3H,(H2,17,19)(H,18,20). The molecule has 0 atom stereocenters. The molecule has 2 amide bonds. The lowest BCUT2D eigenvalue weighted by Crippen LogP contribution is -2.16. The summed E-state index contributed by atoms with van der Waals surface area (Å²) in [5.74, 6) is -3.72. The molecule has 0 fully saturated rings. The van der Waals surface area contributed by atoms with Crippen LogP contribution in [0.5, 0.6) is 0 Å². The van der Waals surface area contributed by atoms with Crippen molar-refractivity contribution in [3.05, 3.63) is 48.5 Å². The number of rotatable bonds is 3. The predicted octanol–water partition coefficient (Wildman–Crippen LogP) is 3.90. The van der Waals surface area contributed by atoms with Crippen molar-refractivity contribution < 1.29 is 18.4 Å². The second-order valence-corrected chi connectivity index (χ2v) is 7.09.